The van der Waals surface area contributed by atoms with Crippen molar-refractivity contribution in [2.45, 2.75) is 31.9 Å². The van der Waals surface area contributed by atoms with Crippen molar-refractivity contribution >= 4 is 17.7 Å². The maximum absolute atomic E-state index is 5.17. The molecule has 0 aromatic heterocycles. The van der Waals surface area contributed by atoms with E-state index in [1.54, 1.807) is 11.8 Å². The standard InChI is InChI=1S/C7H17N3S/c1-3-4-6(2)11-5-10-7(8)9/h6H,3-5H2,1-2H3,(H4,8,9,10). The largest absolute Gasteiger partial charge is 0.370 e. The summed E-state index contributed by atoms with van der Waals surface area (Å²) < 4.78 is 0. The second-order valence-electron chi connectivity index (χ2n) is 2.48. The lowest BCUT2D eigenvalue weighted by atomic mass is 10.3. The average molecular weight is 175 g/mol. The molecule has 0 heterocycles. The molecule has 66 valence electrons. The van der Waals surface area contributed by atoms with E-state index in [4.69, 9.17) is 11.5 Å². The van der Waals surface area contributed by atoms with Crippen LogP contribution in [-0.2, 0) is 0 Å². The molecule has 0 aliphatic heterocycles. The lowest BCUT2D eigenvalue weighted by Gasteiger charge is -2.06. The van der Waals surface area contributed by atoms with Gasteiger partial charge in [-0.15, -0.1) is 11.8 Å². The van der Waals surface area contributed by atoms with Gasteiger partial charge in [-0.2, -0.15) is 0 Å². The van der Waals surface area contributed by atoms with Crippen LogP contribution in [0.15, 0.2) is 4.99 Å². The molecule has 0 aliphatic rings. The number of guanidine groups is 1. The van der Waals surface area contributed by atoms with Crippen LogP contribution >= 0.6 is 11.8 Å². The number of rotatable bonds is 5. The molecule has 4 N–H and O–H groups in total. The smallest absolute Gasteiger partial charge is 0.186 e. The molecule has 1 atom stereocenters. The highest BCUT2D eigenvalue weighted by Crippen LogP contribution is 2.14. The molecule has 0 rings (SSSR count). The van der Waals surface area contributed by atoms with Crippen LogP contribution in [0.25, 0.3) is 0 Å². The van der Waals surface area contributed by atoms with E-state index in [1.807, 2.05) is 0 Å². The first kappa shape index (κ1) is 10.6. The second-order valence-corrected chi connectivity index (χ2v) is 3.87. The highest BCUT2D eigenvalue weighted by Gasteiger charge is 1.98. The highest BCUT2D eigenvalue weighted by molar-refractivity contribution is 7.99. The summed E-state index contributed by atoms with van der Waals surface area (Å²) in [4.78, 5) is 3.88. The zero-order valence-electron chi connectivity index (χ0n) is 7.21. The zero-order valence-corrected chi connectivity index (χ0v) is 8.03. The predicted molar refractivity (Wildman–Crippen MR) is 52.6 cm³/mol. The minimum atomic E-state index is 0.182. The Morgan fingerprint density at radius 3 is 2.64 bits per heavy atom. The lowest BCUT2D eigenvalue weighted by Crippen LogP contribution is -2.22. The van der Waals surface area contributed by atoms with Crippen LogP contribution in [-0.4, -0.2) is 17.1 Å². The van der Waals surface area contributed by atoms with Crippen LogP contribution in [0.3, 0.4) is 0 Å². The molecule has 0 aromatic rings. The Bertz CT molecular complexity index is 121. The monoisotopic (exact) mass is 175 g/mol. The predicted octanol–water partition coefficient (Wildman–Crippen LogP) is 1.14. The third kappa shape index (κ3) is 7.52. The van der Waals surface area contributed by atoms with Crippen molar-refractivity contribution in [2.75, 3.05) is 5.88 Å². The molecule has 0 spiro atoms. The molecule has 0 saturated carbocycles. The summed E-state index contributed by atoms with van der Waals surface area (Å²) in [7, 11) is 0. The lowest BCUT2D eigenvalue weighted by molar-refractivity contribution is 0.787. The molecule has 0 aromatic carbocycles. The number of thioether (sulfide) groups is 1. The van der Waals surface area contributed by atoms with Crippen molar-refractivity contribution in [1.82, 2.24) is 0 Å². The second kappa shape index (κ2) is 6.34. The molecule has 11 heavy (non-hydrogen) atoms. The zero-order chi connectivity index (χ0) is 8.69. The van der Waals surface area contributed by atoms with Crippen LogP contribution in [0.1, 0.15) is 26.7 Å². The van der Waals surface area contributed by atoms with E-state index in [1.165, 1.54) is 12.8 Å². The van der Waals surface area contributed by atoms with E-state index in [-0.39, 0.29) is 5.96 Å². The molecule has 0 aliphatic carbocycles. The van der Waals surface area contributed by atoms with Gasteiger partial charge in [-0.05, 0) is 6.42 Å². The Morgan fingerprint density at radius 1 is 1.55 bits per heavy atom. The molecule has 3 nitrogen and oxygen atoms in total. The van der Waals surface area contributed by atoms with Gasteiger partial charge in [-0.1, -0.05) is 20.3 Å². The van der Waals surface area contributed by atoms with Crippen LogP contribution in [0, 0.1) is 0 Å². The van der Waals surface area contributed by atoms with Gasteiger partial charge >= 0.3 is 0 Å². The van der Waals surface area contributed by atoms with Gasteiger partial charge in [-0.3, -0.25) is 0 Å². The van der Waals surface area contributed by atoms with Crippen LogP contribution in [0.4, 0.5) is 0 Å². The van der Waals surface area contributed by atoms with Crippen molar-refractivity contribution in [3.8, 4) is 0 Å². The first-order valence-electron chi connectivity index (χ1n) is 3.83. The first-order valence-corrected chi connectivity index (χ1v) is 4.88. The summed E-state index contributed by atoms with van der Waals surface area (Å²) >= 11 is 1.78. The fourth-order valence-corrected chi connectivity index (χ4v) is 1.61. The molecular weight excluding hydrogens is 158 g/mol. The maximum atomic E-state index is 5.17. The Hall–Kier alpha value is -0.380. The summed E-state index contributed by atoms with van der Waals surface area (Å²) in [5, 5.41) is 0.656. The molecule has 4 heteroatoms. The van der Waals surface area contributed by atoms with Crippen molar-refractivity contribution in [2.24, 2.45) is 16.5 Å². The highest BCUT2D eigenvalue weighted by atomic mass is 32.2. The van der Waals surface area contributed by atoms with E-state index in [0.717, 1.165) is 0 Å². The van der Waals surface area contributed by atoms with Gasteiger partial charge < -0.3 is 11.5 Å². The first-order chi connectivity index (χ1) is 5.16. The summed E-state index contributed by atoms with van der Waals surface area (Å²) in [5.74, 6) is 0.866. The number of aliphatic imine (C=N–C) groups is 1. The van der Waals surface area contributed by atoms with Crippen molar-refractivity contribution in [3.63, 3.8) is 0 Å². The fraction of sp³-hybridized carbons (Fsp3) is 0.857. The fourth-order valence-electron chi connectivity index (χ4n) is 0.729. The van der Waals surface area contributed by atoms with E-state index in [2.05, 4.69) is 18.8 Å². The number of nitrogens with zero attached hydrogens (tertiary/aromatic N) is 1. The molecule has 0 amide bonds. The van der Waals surface area contributed by atoms with Crippen LogP contribution in [0.2, 0.25) is 0 Å². The van der Waals surface area contributed by atoms with Gasteiger partial charge in [0.2, 0.25) is 0 Å². The normalized spacial score (nSPS) is 12.5. The van der Waals surface area contributed by atoms with Crippen molar-refractivity contribution in [1.29, 1.82) is 0 Å². The Balaban J connectivity index is 3.31. The minimum absolute atomic E-state index is 0.182. The van der Waals surface area contributed by atoms with Gasteiger partial charge in [0.1, 0.15) is 0 Å². The van der Waals surface area contributed by atoms with Gasteiger partial charge in [0.05, 0.1) is 5.88 Å². The Labute approximate surface area is 72.6 Å². The van der Waals surface area contributed by atoms with Gasteiger partial charge in [0.15, 0.2) is 5.96 Å². The SMILES string of the molecule is CCCC(C)SCN=C(N)N. The topological polar surface area (TPSA) is 64.4 Å². The maximum Gasteiger partial charge on any atom is 0.186 e. The number of hydrogen-bond donors (Lipinski definition) is 2. The van der Waals surface area contributed by atoms with Crippen molar-refractivity contribution in [3.05, 3.63) is 0 Å². The van der Waals surface area contributed by atoms with Gasteiger partial charge in [0.25, 0.3) is 0 Å². The molecule has 0 fully saturated rings. The number of nitrogens with two attached hydrogens (primary N) is 2. The van der Waals surface area contributed by atoms with Gasteiger partial charge in [0, 0.05) is 5.25 Å². The van der Waals surface area contributed by atoms with Crippen LogP contribution < -0.4 is 11.5 Å². The molecular formula is C7H17N3S. The summed E-state index contributed by atoms with van der Waals surface area (Å²) in [6, 6.07) is 0. The third-order valence-corrected chi connectivity index (χ3v) is 2.38. The molecule has 1 unspecified atom stereocenters. The van der Waals surface area contributed by atoms with E-state index < -0.39 is 0 Å². The summed E-state index contributed by atoms with van der Waals surface area (Å²) in [5.41, 5.74) is 10.3. The Morgan fingerprint density at radius 2 is 2.18 bits per heavy atom. The number of hydrogen-bond acceptors (Lipinski definition) is 2. The summed E-state index contributed by atoms with van der Waals surface area (Å²) in [6.07, 6.45) is 2.45. The Kier molecular flexibility index (Phi) is 6.12. The minimum Gasteiger partial charge on any atom is -0.370 e. The van der Waals surface area contributed by atoms with E-state index in [9.17, 15) is 0 Å². The van der Waals surface area contributed by atoms with E-state index >= 15 is 0 Å². The third-order valence-electron chi connectivity index (χ3n) is 1.30. The average Bonchev–Trinajstić information content (AvgIpc) is 1.87. The van der Waals surface area contributed by atoms with Gasteiger partial charge in [-0.25, -0.2) is 4.99 Å². The summed E-state index contributed by atoms with van der Waals surface area (Å²) in [6.45, 7) is 4.37. The van der Waals surface area contributed by atoms with Crippen molar-refractivity contribution < 1.29 is 0 Å². The quantitative estimate of drug-likeness (QED) is 0.486. The molecule has 0 bridgehead atoms. The molecule has 0 radical (unpaired) electrons. The van der Waals surface area contributed by atoms with Crippen LogP contribution in [0.5, 0.6) is 0 Å². The van der Waals surface area contributed by atoms with E-state index in [0.29, 0.717) is 11.1 Å². The molecule has 0 saturated heterocycles.